The highest BCUT2D eigenvalue weighted by atomic mass is 32.2. The third-order valence-electron chi connectivity index (χ3n) is 4.00. The highest BCUT2D eigenvalue weighted by Gasteiger charge is 2.42. The zero-order valence-corrected chi connectivity index (χ0v) is 15.0. The van der Waals surface area contributed by atoms with E-state index in [1.54, 1.807) is 37.3 Å². The number of sulfone groups is 1. The van der Waals surface area contributed by atoms with E-state index in [2.05, 4.69) is 5.32 Å². The largest absolute Gasteiger partial charge is 0.332 e. The van der Waals surface area contributed by atoms with Crippen LogP contribution in [0, 0.1) is 0 Å². The Kier molecular flexibility index (Phi) is 5.82. The van der Waals surface area contributed by atoms with Gasteiger partial charge in [-0.1, -0.05) is 36.4 Å². The molecule has 1 N–H and O–H groups in total. The number of carbonyl (C=O) groups is 1. The van der Waals surface area contributed by atoms with Crippen molar-refractivity contribution in [3.63, 3.8) is 0 Å². The molecule has 2 unspecified atom stereocenters. The van der Waals surface area contributed by atoms with E-state index in [1.807, 2.05) is 0 Å². The minimum atomic E-state index is -3.29. The van der Waals surface area contributed by atoms with Gasteiger partial charge in [0, 0.05) is 37.1 Å². The average Bonchev–Trinajstić information content (AvgIpc) is 2.52. The lowest BCUT2D eigenvalue weighted by Crippen LogP contribution is -2.50. The Morgan fingerprint density at radius 3 is 2.60 bits per heavy atom. The maximum Gasteiger partial charge on any atom is 0.318 e. The van der Waals surface area contributed by atoms with Gasteiger partial charge in [0.15, 0.2) is 9.84 Å². The molecule has 0 saturated carbocycles. The van der Waals surface area contributed by atoms with E-state index in [9.17, 15) is 22.0 Å². The summed E-state index contributed by atoms with van der Waals surface area (Å²) in [6.07, 6.45) is 1.58. The number of carbonyl (C=O) groups excluding carboxylic acids is 1. The van der Waals surface area contributed by atoms with Crippen molar-refractivity contribution in [3.05, 3.63) is 47.4 Å². The average molecular weight is 372 g/mol. The van der Waals surface area contributed by atoms with Gasteiger partial charge in [0.2, 0.25) is 0 Å². The summed E-state index contributed by atoms with van der Waals surface area (Å²) in [4.78, 5) is 13.9. The summed E-state index contributed by atoms with van der Waals surface area (Å²) in [6, 6.07) is 6.96. The van der Waals surface area contributed by atoms with Gasteiger partial charge in [-0.2, -0.15) is 0 Å². The molecular formula is C17H22F2N2O3S. The Morgan fingerprint density at radius 1 is 1.36 bits per heavy atom. The lowest BCUT2D eigenvalue weighted by Gasteiger charge is -2.39. The third kappa shape index (κ3) is 5.81. The molecule has 1 aromatic carbocycles. The van der Waals surface area contributed by atoms with Gasteiger partial charge >= 0.3 is 6.03 Å². The first-order chi connectivity index (χ1) is 11.6. The summed E-state index contributed by atoms with van der Waals surface area (Å²) < 4.78 is 50.0. The normalized spacial score (nSPS) is 21.9. The van der Waals surface area contributed by atoms with E-state index in [1.165, 1.54) is 11.0 Å². The Labute approximate surface area is 146 Å². The van der Waals surface area contributed by atoms with E-state index in [0.29, 0.717) is 5.56 Å². The Balaban J connectivity index is 2.14. The quantitative estimate of drug-likeness (QED) is 0.883. The molecule has 2 amide bonds. The van der Waals surface area contributed by atoms with Crippen LogP contribution in [0.5, 0.6) is 0 Å². The highest BCUT2D eigenvalue weighted by molar-refractivity contribution is 7.93. The molecule has 1 aliphatic heterocycles. The summed E-state index contributed by atoms with van der Waals surface area (Å²) in [6.45, 7) is 1.55. The maximum atomic E-state index is 13.9. The molecule has 0 radical (unpaired) electrons. The third-order valence-corrected chi connectivity index (χ3v) is 4.65. The fourth-order valence-electron chi connectivity index (χ4n) is 2.74. The van der Waals surface area contributed by atoms with Crippen LogP contribution in [-0.2, 0) is 9.84 Å². The molecule has 1 aromatic rings. The van der Waals surface area contributed by atoms with Crippen LogP contribution < -0.4 is 5.32 Å². The number of urea groups is 1. The van der Waals surface area contributed by atoms with Crippen LogP contribution in [-0.4, -0.2) is 44.1 Å². The Bertz CT molecular complexity index is 736. The molecule has 1 saturated heterocycles. The van der Waals surface area contributed by atoms with Crippen LogP contribution >= 0.6 is 0 Å². The smallest absolute Gasteiger partial charge is 0.318 e. The molecule has 0 aliphatic carbocycles. The summed E-state index contributed by atoms with van der Waals surface area (Å²) in [5, 5.41) is 3.65. The van der Waals surface area contributed by atoms with E-state index in [0.717, 1.165) is 11.7 Å². The van der Waals surface area contributed by atoms with Crippen molar-refractivity contribution < 1.29 is 22.0 Å². The molecule has 1 aliphatic rings. The number of hydrogen-bond acceptors (Lipinski definition) is 3. The number of halogens is 2. The number of hydrogen-bond donors (Lipinski definition) is 1. The minimum absolute atomic E-state index is 0.0685. The van der Waals surface area contributed by atoms with Crippen molar-refractivity contribution in [2.45, 2.75) is 37.8 Å². The van der Waals surface area contributed by atoms with Crippen LogP contribution in [0.15, 0.2) is 41.8 Å². The number of nitrogens with one attached hydrogen (secondary N) is 1. The molecule has 8 heteroatoms. The lowest BCUT2D eigenvalue weighted by atomic mass is 9.93. The summed E-state index contributed by atoms with van der Waals surface area (Å²) in [5.41, 5.74) is 0.649. The van der Waals surface area contributed by atoms with Gasteiger partial charge in [0.05, 0.1) is 6.04 Å². The number of alkyl halides is 2. The number of rotatable bonds is 4. The highest BCUT2D eigenvalue weighted by Crippen LogP contribution is 2.39. The van der Waals surface area contributed by atoms with Crippen molar-refractivity contribution in [1.29, 1.82) is 0 Å². The van der Waals surface area contributed by atoms with Gasteiger partial charge in [-0.3, -0.25) is 0 Å². The SMILES string of the molecule is CC(/C=C/S(C)(=O)=O)NC(=O)N1CCC(F)(F)CC1c1ccccc1. The number of piperidine rings is 1. The predicted octanol–water partition coefficient (Wildman–Crippen LogP) is 3.12. The first-order valence-electron chi connectivity index (χ1n) is 7.95. The maximum absolute atomic E-state index is 13.9. The number of amides is 2. The predicted molar refractivity (Wildman–Crippen MR) is 92.0 cm³/mol. The summed E-state index contributed by atoms with van der Waals surface area (Å²) in [7, 11) is -3.29. The molecule has 0 bridgehead atoms. The summed E-state index contributed by atoms with van der Waals surface area (Å²) >= 11 is 0. The Hall–Kier alpha value is -1.96. The molecule has 1 fully saturated rings. The summed E-state index contributed by atoms with van der Waals surface area (Å²) in [5.74, 6) is -2.82. The molecule has 0 aromatic heterocycles. The second-order valence-corrected chi connectivity index (χ2v) is 8.26. The molecular weight excluding hydrogens is 350 g/mol. The first kappa shape index (κ1) is 19.4. The molecule has 2 rings (SSSR count). The van der Waals surface area contributed by atoms with E-state index < -0.39 is 46.7 Å². The molecule has 1 heterocycles. The fourth-order valence-corrected chi connectivity index (χ4v) is 3.26. The molecule has 25 heavy (non-hydrogen) atoms. The van der Waals surface area contributed by atoms with Gasteiger partial charge in [-0.15, -0.1) is 0 Å². The zero-order chi connectivity index (χ0) is 18.7. The van der Waals surface area contributed by atoms with E-state index in [4.69, 9.17) is 0 Å². The van der Waals surface area contributed by atoms with Gasteiger partial charge in [-0.05, 0) is 12.5 Å². The Morgan fingerprint density at radius 2 is 2.00 bits per heavy atom. The zero-order valence-electron chi connectivity index (χ0n) is 14.2. The molecule has 5 nitrogen and oxygen atoms in total. The van der Waals surface area contributed by atoms with Crippen LogP contribution in [0.4, 0.5) is 13.6 Å². The van der Waals surface area contributed by atoms with Crippen molar-refractivity contribution in [2.24, 2.45) is 0 Å². The van der Waals surface area contributed by atoms with Gasteiger partial charge < -0.3 is 10.2 Å². The fraction of sp³-hybridized carbons (Fsp3) is 0.471. The minimum Gasteiger partial charge on any atom is -0.332 e. The van der Waals surface area contributed by atoms with Crippen LogP contribution in [0.3, 0.4) is 0 Å². The number of likely N-dealkylation sites (tertiary alicyclic amines) is 1. The van der Waals surface area contributed by atoms with Gasteiger partial charge in [-0.25, -0.2) is 22.0 Å². The van der Waals surface area contributed by atoms with Crippen molar-refractivity contribution in [1.82, 2.24) is 10.2 Å². The van der Waals surface area contributed by atoms with Crippen LogP contribution in [0.25, 0.3) is 0 Å². The van der Waals surface area contributed by atoms with Crippen LogP contribution in [0.1, 0.15) is 31.4 Å². The monoisotopic (exact) mass is 372 g/mol. The molecule has 2 atom stereocenters. The number of benzene rings is 1. The number of nitrogens with zero attached hydrogens (tertiary/aromatic N) is 1. The van der Waals surface area contributed by atoms with Gasteiger partial charge in [0.1, 0.15) is 0 Å². The van der Waals surface area contributed by atoms with Crippen molar-refractivity contribution >= 4 is 15.9 Å². The topological polar surface area (TPSA) is 66.5 Å². The molecule has 0 spiro atoms. The second-order valence-electron chi connectivity index (χ2n) is 6.33. The van der Waals surface area contributed by atoms with Crippen molar-refractivity contribution in [2.75, 3.05) is 12.8 Å². The first-order valence-corrected chi connectivity index (χ1v) is 9.91. The molecule has 138 valence electrons. The lowest BCUT2D eigenvalue weighted by molar-refractivity contribution is -0.0682. The standard InChI is InChI=1S/C17H22F2N2O3S/c1-13(8-11-25(2,23)24)20-16(22)21-10-9-17(18,19)12-15(21)14-6-4-3-5-7-14/h3-8,11,13,15H,9-10,12H2,1-2H3,(H,20,22)/b11-8+. The van der Waals surface area contributed by atoms with Crippen LogP contribution in [0.2, 0.25) is 0 Å². The second kappa shape index (κ2) is 7.51. The van der Waals surface area contributed by atoms with E-state index >= 15 is 0 Å². The van der Waals surface area contributed by atoms with Crippen molar-refractivity contribution in [3.8, 4) is 0 Å². The van der Waals surface area contributed by atoms with Gasteiger partial charge in [0.25, 0.3) is 5.92 Å². The van der Waals surface area contributed by atoms with E-state index in [-0.39, 0.29) is 6.54 Å².